The van der Waals surface area contributed by atoms with Gasteiger partial charge in [-0.15, -0.1) is 0 Å². The molecule has 0 aliphatic rings. The van der Waals surface area contributed by atoms with Crippen LogP contribution in [-0.4, -0.2) is 23.2 Å². The van der Waals surface area contributed by atoms with Crippen molar-refractivity contribution < 1.29 is 9.50 Å². The normalized spacial score (nSPS) is 12.8. The molecule has 0 saturated carbocycles. The number of hydrogen-bond donors (Lipinski definition) is 2. The van der Waals surface area contributed by atoms with Gasteiger partial charge in [-0.2, -0.15) is 0 Å². The first kappa shape index (κ1) is 10.1. The highest BCUT2D eigenvalue weighted by Gasteiger charge is 2.04. The Labute approximate surface area is 76.6 Å². The van der Waals surface area contributed by atoms with Crippen LogP contribution < -0.4 is 5.32 Å². The highest BCUT2D eigenvalue weighted by Crippen LogP contribution is 2.10. The minimum absolute atomic E-state index is 0.00958. The molecule has 1 atom stereocenters. The number of pyridine rings is 1. The van der Waals surface area contributed by atoms with Gasteiger partial charge >= 0.3 is 0 Å². The van der Waals surface area contributed by atoms with Crippen LogP contribution in [0.5, 0.6) is 0 Å². The van der Waals surface area contributed by atoms with Crippen LogP contribution >= 0.6 is 0 Å². The van der Waals surface area contributed by atoms with Gasteiger partial charge in [-0.1, -0.05) is 0 Å². The molecule has 1 aromatic rings. The summed E-state index contributed by atoms with van der Waals surface area (Å²) in [6.45, 7) is 2.47. The molecular weight excluding hydrogens is 171 g/mol. The van der Waals surface area contributed by atoms with Crippen LogP contribution in [0.1, 0.15) is 18.5 Å². The second-order valence-electron chi connectivity index (χ2n) is 2.84. The summed E-state index contributed by atoms with van der Waals surface area (Å²) in [5.41, 5.74) is 0.786. The summed E-state index contributed by atoms with van der Waals surface area (Å²) >= 11 is 0. The van der Waals surface area contributed by atoms with Crippen molar-refractivity contribution in [2.24, 2.45) is 0 Å². The summed E-state index contributed by atoms with van der Waals surface area (Å²) in [4.78, 5) is 3.74. The zero-order chi connectivity index (χ0) is 9.68. The van der Waals surface area contributed by atoms with Gasteiger partial charge in [0.25, 0.3) is 0 Å². The fourth-order valence-corrected chi connectivity index (χ4v) is 1.06. The van der Waals surface area contributed by atoms with Crippen LogP contribution in [0.2, 0.25) is 0 Å². The Morgan fingerprint density at radius 1 is 1.62 bits per heavy atom. The maximum absolute atomic E-state index is 12.7. The van der Waals surface area contributed by atoms with Gasteiger partial charge in [-0.3, -0.25) is 4.98 Å². The first-order valence-corrected chi connectivity index (χ1v) is 4.18. The smallest absolute Gasteiger partial charge is 0.141 e. The summed E-state index contributed by atoms with van der Waals surface area (Å²) in [7, 11) is 0. The highest BCUT2D eigenvalue weighted by molar-refractivity contribution is 5.13. The number of rotatable bonds is 4. The fourth-order valence-electron chi connectivity index (χ4n) is 1.06. The minimum atomic E-state index is -0.338. The standard InChI is InChI=1S/C9H13FN2O/c1-7(12-2-3-13)8-4-9(10)6-11-5-8/h4-7,12-13H,2-3H2,1H3. The van der Waals surface area contributed by atoms with Crippen molar-refractivity contribution in [3.05, 3.63) is 29.8 Å². The zero-order valence-electron chi connectivity index (χ0n) is 7.50. The first-order chi connectivity index (χ1) is 6.24. The van der Waals surface area contributed by atoms with E-state index in [0.29, 0.717) is 6.54 Å². The quantitative estimate of drug-likeness (QED) is 0.729. The van der Waals surface area contributed by atoms with Crippen molar-refractivity contribution in [1.29, 1.82) is 0 Å². The van der Waals surface area contributed by atoms with Crippen LogP contribution in [0.25, 0.3) is 0 Å². The molecule has 0 fully saturated rings. The number of aliphatic hydroxyl groups is 1. The Balaban J connectivity index is 2.60. The fraction of sp³-hybridized carbons (Fsp3) is 0.444. The third-order valence-electron chi connectivity index (χ3n) is 1.79. The molecule has 1 rings (SSSR count). The predicted molar refractivity (Wildman–Crippen MR) is 47.7 cm³/mol. The van der Waals surface area contributed by atoms with Gasteiger partial charge in [0.05, 0.1) is 12.8 Å². The molecule has 0 aliphatic carbocycles. The average Bonchev–Trinajstić information content (AvgIpc) is 2.14. The molecule has 13 heavy (non-hydrogen) atoms. The van der Waals surface area contributed by atoms with Crippen molar-refractivity contribution >= 4 is 0 Å². The lowest BCUT2D eigenvalue weighted by Gasteiger charge is -2.12. The SMILES string of the molecule is CC(NCCO)c1cncc(F)c1. The molecule has 1 heterocycles. The van der Waals surface area contributed by atoms with Crippen molar-refractivity contribution in [3.8, 4) is 0 Å². The van der Waals surface area contributed by atoms with Crippen LogP contribution in [0.4, 0.5) is 4.39 Å². The molecule has 1 aromatic heterocycles. The van der Waals surface area contributed by atoms with E-state index in [1.807, 2.05) is 6.92 Å². The lowest BCUT2D eigenvalue weighted by atomic mass is 10.1. The summed E-state index contributed by atoms with van der Waals surface area (Å²) < 4.78 is 12.7. The average molecular weight is 184 g/mol. The third kappa shape index (κ3) is 3.08. The number of aliphatic hydroxyl groups excluding tert-OH is 1. The molecule has 0 aliphatic heterocycles. The van der Waals surface area contributed by atoms with E-state index < -0.39 is 0 Å². The lowest BCUT2D eigenvalue weighted by Crippen LogP contribution is -2.22. The molecule has 2 N–H and O–H groups in total. The van der Waals surface area contributed by atoms with Crippen molar-refractivity contribution in [2.75, 3.05) is 13.2 Å². The number of aromatic nitrogens is 1. The zero-order valence-corrected chi connectivity index (χ0v) is 7.50. The summed E-state index contributed by atoms with van der Waals surface area (Å²) in [6, 6.07) is 1.44. The van der Waals surface area contributed by atoms with E-state index in [0.717, 1.165) is 5.56 Å². The van der Waals surface area contributed by atoms with Crippen LogP contribution in [0.15, 0.2) is 18.5 Å². The Morgan fingerprint density at radius 3 is 3.00 bits per heavy atom. The maximum Gasteiger partial charge on any atom is 0.141 e. The largest absolute Gasteiger partial charge is 0.395 e. The number of hydrogen-bond acceptors (Lipinski definition) is 3. The van der Waals surface area contributed by atoms with E-state index in [-0.39, 0.29) is 18.5 Å². The first-order valence-electron chi connectivity index (χ1n) is 4.18. The molecule has 72 valence electrons. The van der Waals surface area contributed by atoms with E-state index in [9.17, 15) is 4.39 Å². The number of halogens is 1. The van der Waals surface area contributed by atoms with E-state index in [1.165, 1.54) is 12.3 Å². The van der Waals surface area contributed by atoms with Crippen molar-refractivity contribution in [2.45, 2.75) is 13.0 Å². The Bertz CT molecular complexity index is 268. The van der Waals surface area contributed by atoms with Gasteiger partial charge in [-0.05, 0) is 18.6 Å². The topological polar surface area (TPSA) is 45.1 Å². The molecule has 0 spiro atoms. The summed E-state index contributed by atoms with van der Waals surface area (Å²) in [5.74, 6) is -0.338. The number of nitrogens with one attached hydrogen (secondary N) is 1. The molecule has 4 heteroatoms. The Hall–Kier alpha value is -1.00. The monoisotopic (exact) mass is 184 g/mol. The molecule has 1 unspecified atom stereocenters. The Kier molecular flexibility index (Phi) is 3.79. The summed E-state index contributed by atoms with van der Waals surface area (Å²) in [5, 5.41) is 11.6. The van der Waals surface area contributed by atoms with Crippen LogP contribution in [0.3, 0.4) is 0 Å². The molecule has 0 aromatic carbocycles. The molecule has 0 amide bonds. The lowest BCUT2D eigenvalue weighted by molar-refractivity contribution is 0.286. The predicted octanol–water partition coefficient (Wildman–Crippen LogP) is 0.864. The second kappa shape index (κ2) is 4.89. The van der Waals surface area contributed by atoms with E-state index in [1.54, 1.807) is 6.20 Å². The maximum atomic E-state index is 12.7. The van der Waals surface area contributed by atoms with Crippen molar-refractivity contribution in [3.63, 3.8) is 0 Å². The van der Waals surface area contributed by atoms with Gasteiger partial charge in [0.15, 0.2) is 0 Å². The van der Waals surface area contributed by atoms with E-state index in [4.69, 9.17) is 5.11 Å². The van der Waals surface area contributed by atoms with Gasteiger partial charge in [0.2, 0.25) is 0 Å². The minimum Gasteiger partial charge on any atom is -0.395 e. The van der Waals surface area contributed by atoms with E-state index in [2.05, 4.69) is 10.3 Å². The van der Waals surface area contributed by atoms with Crippen molar-refractivity contribution in [1.82, 2.24) is 10.3 Å². The Morgan fingerprint density at radius 2 is 2.38 bits per heavy atom. The summed E-state index contributed by atoms with van der Waals surface area (Å²) in [6.07, 6.45) is 2.78. The molecule has 3 nitrogen and oxygen atoms in total. The highest BCUT2D eigenvalue weighted by atomic mass is 19.1. The van der Waals surface area contributed by atoms with Crippen LogP contribution in [0, 0.1) is 5.82 Å². The van der Waals surface area contributed by atoms with Gasteiger partial charge in [0, 0.05) is 18.8 Å². The van der Waals surface area contributed by atoms with Crippen LogP contribution in [-0.2, 0) is 0 Å². The van der Waals surface area contributed by atoms with Gasteiger partial charge in [0.1, 0.15) is 5.82 Å². The molecular formula is C9H13FN2O. The van der Waals surface area contributed by atoms with Gasteiger partial charge < -0.3 is 10.4 Å². The molecule has 0 saturated heterocycles. The third-order valence-corrected chi connectivity index (χ3v) is 1.79. The molecule has 0 radical (unpaired) electrons. The van der Waals surface area contributed by atoms with E-state index >= 15 is 0 Å². The second-order valence-corrected chi connectivity index (χ2v) is 2.84. The number of nitrogens with zero attached hydrogens (tertiary/aromatic N) is 1. The molecule has 0 bridgehead atoms. The van der Waals surface area contributed by atoms with Gasteiger partial charge in [-0.25, -0.2) is 4.39 Å².